The molecule has 16 heavy (non-hydrogen) atoms. The van der Waals surface area contributed by atoms with Gasteiger partial charge in [0.2, 0.25) is 5.91 Å². The van der Waals surface area contributed by atoms with Crippen LogP contribution in [0.1, 0.15) is 32.6 Å². The zero-order valence-electron chi connectivity index (χ0n) is 10.1. The summed E-state index contributed by atoms with van der Waals surface area (Å²) in [6, 6.07) is 0.170. The lowest BCUT2D eigenvalue weighted by molar-refractivity contribution is -0.121. The molecule has 0 aromatic heterocycles. The summed E-state index contributed by atoms with van der Waals surface area (Å²) in [7, 11) is 1.63. The normalized spacial score (nSPS) is 14.4. The lowest BCUT2D eigenvalue weighted by Gasteiger charge is -2.17. The highest BCUT2D eigenvalue weighted by molar-refractivity contribution is 5.84. The Morgan fingerprint density at radius 1 is 1.38 bits per heavy atom. The Labute approximate surface area is 96.6 Å². The average molecular weight is 227 g/mol. The van der Waals surface area contributed by atoms with E-state index in [4.69, 9.17) is 0 Å². The molecule has 0 saturated heterocycles. The molecule has 1 saturated carbocycles. The highest BCUT2D eigenvalue weighted by Gasteiger charge is 2.24. The first-order valence-corrected chi connectivity index (χ1v) is 5.91. The number of carbonyl (C=O) groups excluding carboxylic acids is 2. The van der Waals surface area contributed by atoms with E-state index in [0.29, 0.717) is 12.6 Å². The van der Waals surface area contributed by atoms with Gasteiger partial charge in [-0.3, -0.25) is 4.79 Å². The summed E-state index contributed by atoms with van der Waals surface area (Å²) in [5.41, 5.74) is 0. The van der Waals surface area contributed by atoms with Gasteiger partial charge < -0.3 is 15.5 Å². The summed E-state index contributed by atoms with van der Waals surface area (Å²) in [6.45, 7) is 2.87. The summed E-state index contributed by atoms with van der Waals surface area (Å²) in [6.07, 6.45) is 4.15. The van der Waals surface area contributed by atoms with Crippen LogP contribution in [0.4, 0.5) is 4.79 Å². The first-order chi connectivity index (χ1) is 7.63. The molecular weight excluding hydrogens is 206 g/mol. The summed E-state index contributed by atoms with van der Waals surface area (Å²) in [5.74, 6) is -0.0735. The third-order valence-corrected chi connectivity index (χ3v) is 2.48. The Morgan fingerprint density at radius 2 is 2.06 bits per heavy atom. The van der Waals surface area contributed by atoms with Crippen molar-refractivity contribution >= 4 is 11.9 Å². The standard InChI is InChI=1S/C11H21N3O2/c1-3-4-7-12-11(16)14(2)8-10(15)13-9-5-6-9/h9H,3-8H2,1-2H3,(H,12,16)(H,13,15). The summed E-state index contributed by atoms with van der Waals surface area (Å²) < 4.78 is 0. The number of urea groups is 1. The van der Waals surface area contributed by atoms with Gasteiger partial charge in [-0.05, 0) is 19.3 Å². The van der Waals surface area contributed by atoms with E-state index in [9.17, 15) is 9.59 Å². The average Bonchev–Trinajstić information content (AvgIpc) is 3.01. The van der Waals surface area contributed by atoms with Crippen LogP contribution in [0.5, 0.6) is 0 Å². The van der Waals surface area contributed by atoms with Crippen molar-refractivity contribution in [1.82, 2.24) is 15.5 Å². The first-order valence-electron chi connectivity index (χ1n) is 5.91. The number of nitrogens with zero attached hydrogens (tertiary/aromatic N) is 1. The van der Waals surface area contributed by atoms with Gasteiger partial charge in [0.15, 0.2) is 0 Å². The molecule has 5 nitrogen and oxygen atoms in total. The summed E-state index contributed by atoms with van der Waals surface area (Å²) in [5, 5.41) is 5.61. The number of rotatable bonds is 6. The maximum Gasteiger partial charge on any atom is 0.317 e. The maximum absolute atomic E-state index is 11.5. The largest absolute Gasteiger partial charge is 0.352 e. The zero-order valence-corrected chi connectivity index (χ0v) is 10.1. The summed E-state index contributed by atoms with van der Waals surface area (Å²) in [4.78, 5) is 24.3. The third-order valence-electron chi connectivity index (χ3n) is 2.48. The predicted molar refractivity (Wildman–Crippen MR) is 62.1 cm³/mol. The van der Waals surface area contributed by atoms with Crippen molar-refractivity contribution in [3.05, 3.63) is 0 Å². The molecule has 5 heteroatoms. The topological polar surface area (TPSA) is 61.4 Å². The Hall–Kier alpha value is -1.26. The fourth-order valence-electron chi connectivity index (χ4n) is 1.30. The van der Waals surface area contributed by atoms with Gasteiger partial charge >= 0.3 is 6.03 Å². The Morgan fingerprint density at radius 3 is 2.62 bits per heavy atom. The minimum absolute atomic E-state index is 0.0735. The van der Waals surface area contributed by atoms with E-state index < -0.39 is 0 Å². The van der Waals surface area contributed by atoms with E-state index in [1.165, 1.54) is 4.90 Å². The molecule has 1 fully saturated rings. The van der Waals surface area contributed by atoms with Crippen LogP contribution in [-0.4, -0.2) is 43.0 Å². The van der Waals surface area contributed by atoms with Crippen molar-refractivity contribution in [3.63, 3.8) is 0 Å². The van der Waals surface area contributed by atoms with Crippen LogP contribution < -0.4 is 10.6 Å². The van der Waals surface area contributed by atoms with Gasteiger partial charge in [-0.2, -0.15) is 0 Å². The third kappa shape index (κ3) is 5.00. The van der Waals surface area contributed by atoms with Crippen LogP contribution in [0, 0.1) is 0 Å². The molecule has 0 heterocycles. The number of nitrogens with one attached hydrogen (secondary N) is 2. The number of unbranched alkanes of at least 4 members (excludes halogenated alkanes) is 1. The Bertz CT molecular complexity index is 252. The van der Waals surface area contributed by atoms with Gasteiger partial charge in [-0.25, -0.2) is 4.79 Å². The second kappa shape index (κ2) is 6.35. The molecule has 1 aliphatic carbocycles. The smallest absolute Gasteiger partial charge is 0.317 e. The molecule has 0 bridgehead atoms. The maximum atomic E-state index is 11.5. The van der Waals surface area contributed by atoms with E-state index in [0.717, 1.165) is 25.7 Å². The minimum atomic E-state index is -0.181. The molecule has 3 amide bonds. The molecule has 0 aliphatic heterocycles. The van der Waals surface area contributed by atoms with E-state index in [-0.39, 0.29) is 18.5 Å². The van der Waals surface area contributed by atoms with Crippen molar-refractivity contribution in [2.24, 2.45) is 0 Å². The van der Waals surface area contributed by atoms with Crippen molar-refractivity contribution < 1.29 is 9.59 Å². The lowest BCUT2D eigenvalue weighted by Crippen LogP contribution is -2.43. The van der Waals surface area contributed by atoms with Crippen LogP contribution in [0.25, 0.3) is 0 Å². The molecule has 92 valence electrons. The quantitative estimate of drug-likeness (QED) is 0.656. The SMILES string of the molecule is CCCCNC(=O)N(C)CC(=O)NC1CC1. The van der Waals surface area contributed by atoms with E-state index in [1.54, 1.807) is 7.05 Å². The van der Waals surface area contributed by atoms with Gasteiger partial charge in [-0.1, -0.05) is 13.3 Å². The monoisotopic (exact) mass is 227 g/mol. The highest BCUT2D eigenvalue weighted by atomic mass is 16.2. The van der Waals surface area contributed by atoms with Gasteiger partial charge in [0.05, 0.1) is 0 Å². The molecule has 0 radical (unpaired) electrons. The van der Waals surface area contributed by atoms with E-state index in [2.05, 4.69) is 17.6 Å². The highest BCUT2D eigenvalue weighted by Crippen LogP contribution is 2.18. The van der Waals surface area contributed by atoms with Crippen molar-refractivity contribution in [3.8, 4) is 0 Å². The first kappa shape index (κ1) is 12.8. The molecule has 0 unspecified atom stereocenters. The van der Waals surface area contributed by atoms with Crippen molar-refractivity contribution in [1.29, 1.82) is 0 Å². The molecule has 2 N–H and O–H groups in total. The number of amides is 3. The van der Waals surface area contributed by atoms with Gasteiger partial charge in [-0.15, -0.1) is 0 Å². The Balaban J connectivity index is 2.13. The fourth-order valence-corrected chi connectivity index (χ4v) is 1.30. The molecular formula is C11H21N3O2. The fraction of sp³-hybridized carbons (Fsp3) is 0.818. The van der Waals surface area contributed by atoms with Crippen molar-refractivity contribution in [2.45, 2.75) is 38.6 Å². The Kier molecular flexibility index (Phi) is 5.08. The molecule has 0 atom stereocenters. The lowest BCUT2D eigenvalue weighted by atomic mass is 10.3. The van der Waals surface area contributed by atoms with E-state index in [1.807, 2.05) is 0 Å². The number of carbonyl (C=O) groups is 2. The van der Waals surface area contributed by atoms with Crippen molar-refractivity contribution in [2.75, 3.05) is 20.1 Å². The molecule has 0 aromatic carbocycles. The van der Waals surface area contributed by atoms with Crippen LogP contribution in [0.3, 0.4) is 0 Å². The number of hydrogen-bond donors (Lipinski definition) is 2. The van der Waals surface area contributed by atoms with Crippen LogP contribution >= 0.6 is 0 Å². The minimum Gasteiger partial charge on any atom is -0.352 e. The van der Waals surface area contributed by atoms with Gasteiger partial charge in [0.1, 0.15) is 6.54 Å². The zero-order chi connectivity index (χ0) is 12.0. The summed E-state index contributed by atoms with van der Waals surface area (Å²) >= 11 is 0. The second-order valence-corrected chi connectivity index (χ2v) is 4.28. The van der Waals surface area contributed by atoms with Crippen LogP contribution in [0.15, 0.2) is 0 Å². The van der Waals surface area contributed by atoms with Gasteiger partial charge in [0.25, 0.3) is 0 Å². The molecule has 1 rings (SSSR count). The van der Waals surface area contributed by atoms with Crippen LogP contribution in [0.2, 0.25) is 0 Å². The van der Waals surface area contributed by atoms with Crippen LogP contribution in [-0.2, 0) is 4.79 Å². The predicted octanol–water partition coefficient (Wildman–Crippen LogP) is 0.706. The molecule has 0 aromatic rings. The van der Waals surface area contributed by atoms with E-state index >= 15 is 0 Å². The second-order valence-electron chi connectivity index (χ2n) is 4.28. The number of likely N-dealkylation sites (N-methyl/N-ethyl adjacent to an activating group) is 1. The number of hydrogen-bond acceptors (Lipinski definition) is 2. The molecule has 0 spiro atoms. The molecule has 1 aliphatic rings. The van der Waals surface area contributed by atoms with Gasteiger partial charge in [0, 0.05) is 19.6 Å².